The third-order valence-electron chi connectivity index (χ3n) is 10.6. The van der Waals surface area contributed by atoms with Gasteiger partial charge in [0.1, 0.15) is 11.5 Å². The van der Waals surface area contributed by atoms with Crippen molar-refractivity contribution in [1.82, 2.24) is 10.1 Å². The fourth-order valence-corrected chi connectivity index (χ4v) is 9.99. The van der Waals surface area contributed by atoms with Crippen LogP contribution in [0.15, 0.2) is 34.9 Å². The molecule has 8 nitrogen and oxygen atoms in total. The fourth-order valence-electron chi connectivity index (χ4n) is 8.30. The summed E-state index contributed by atoms with van der Waals surface area (Å²) in [5.74, 6) is 1.06. The Morgan fingerprint density at radius 1 is 1.04 bits per heavy atom. The van der Waals surface area contributed by atoms with E-state index in [2.05, 4.69) is 10.1 Å². The summed E-state index contributed by atoms with van der Waals surface area (Å²) in [6.45, 7) is 1.29. The molecule has 2 saturated carbocycles. The van der Waals surface area contributed by atoms with E-state index in [0.717, 1.165) is 90.1 Å². The molecule has 0 spiro atoms. The Balaban J connectivity index is 0.947. The van der Waals surface area contributed by atoms with Gasteiger partial charge in [-0.3, -0.25) is 0 Å². The number of carboxylic acids is 1. The number of aromatic carboxylic acids is 1. The topological polar surface area (TPSA) is 97.9 Å². The van der Waals surface area contributed by atoms with E-state index in [1.165, 1.54) is 0 Å². The van der Waals surface area contributed by atoms with Crippen LogP contribution in [0.5, 0.6) is 0 Å². The van der Waals surface area contributed by atoms with Crippen LogP contribution < -0.4 is 4.90 Å². The lowest BCUT2D eigenvalue weighted by Gasteiger charge is -2.31. The average Bonchev–Trinajstić information content (AvgIpc) is 3.39. The fraction of sp³-hybridized carbons (Fsp3) is 0.500. The molecule has 0 amide bonds. The van der Waals surface area contributed by atoms with Crippen molar-refractivity contribution in [3.05, 3.63) is 62.8 Å². The lowest BCUT2D eigenvalue weighted by atomic mass is 9.87. The number of piperidine rings is 1. The number of hydrogen-bond donors (Lipinski definition) is 1. The number of aromatic nitrogens is 2. The van der Waals surface area contributed by atoms with Gasteiger partial charge in [-0.15, -0.1) is 0 Å². The van der Waals surface area contributed by atoms with Gasteiger partial charge in [0.15, 0.2) is 5.13 Å². The molecule has 5 fully saturated rings. The highest BCUT2D eigenvalue weighted by Gasteiger charge is 2.47. The summed E-state index contributed by atoms with van der Waals surface area (Å²) in [7, 11) is 0. The number of halogens is 2. The normalized spacial score (nSPS) is 28.9. The van der Waals surface area contributed by atoms with Crippen LogP contribution in [0.25, 0.3) is 21.5 Å². The summed E-state index contributed by atoms with van der Waals surface area (Å²) in [5, 5.41) is 16.4. The van der Waals surface area contributed by atoms with Crippen molar-refractivity contribution in [2.24, 2.45) is 5.92 Å². The van der Waals surface area contributed by atoms with Gasteiger partial charge in [-0.2, -0.15) is 0 Å². The molecular formula is C34H33Cl2N3O5S. The molecule has 3 saturated heterocycles. The zero-order valence-corrected chi connectivity index (χ0v) is 26.9. The number of carboxylic acid groups (broad SMARTS) is 1. The first kappa shape index (κ1) is 28.5. The van der Waals surface area contributed by atoms with Crippen LogP contribution in [-0.2, 0) is 16.1 Å². The molecular weight excluding hydrogens is 633 g/mol. The van der Waals surface area contributed by atoms with Gasteiger partial charge in [-0.05, 0) is 87.1 Å². The lowest BCUT2D eigenvalue weighted by Crippen LogP contribution is -2.38. The Kier molecular flexibility index (Phi) is 6.94. The van der Waals surface area contributed by atoms with Gasteiger partial charge in [0, 0.05) is 35.5 Å². The van der Waals surface area contributed by atoms with E-state index in [0.29, 0.717) is 51.4 Å². The minimum Gasteiger partial charge on any atom is -0.478 e. The molecule has 234 valence electrons. The second-order valence-electron chi connectivity index (χ2n) is 13.5. The molecule has 2 aromatic heterocycles. The summed E-state index contributed by atoms with van der Waals surface area (Å²) >= 11 is 14.7. The van der Waals surface area contributed by atoms with E-state index in [4.69, 9.17) is 42.2 Å². The van der Waals surface area contributed by atoms with Crippen molar-refractivity contribution in [1.29, 1.82) is 0 Å². The SMILES string of the molecule is O=C(O)c1cc(C2CC3CC[C@H](C2)O3)c2nc(N3C[C@@H]4C[C@H]3C[C@H]4OCc3c(-c4c(Cl)cccc4Cl)noc3C3CC3)sc2c1. The molecule has 2 unspecified atom stereocenters. The Morgan fingerprint density at radius 3 is 2.51 bits per heavy atom. The van der Waals surface area contributed by atoms with E-state index < -0.39 is 5.97 Å². The predicted octanol–water partition coefficient (Wildman–Crippen LogP) is 8.44. The summed E-state index contributed by atoms with van der Waals surface area (Å²) in [5.41, 5.74) is 4.73. The summed E-state index contributed by atoms with van der Waals surface area (Å²) in [6, 6.07) is 9.49. The van der Waals surface area contributed by atoms with Crippen LogP contribution in [0.3, 0.4) is 0 Å². The highest BCUT2D eigenvalue weighted by molar-refractivity contribution is 7.22. The number of anilines is 1. The molecule has 6 atom stereocenters. The molecule has 4 aromatic rings. The number of carbonyl (C=O) groups is 1. The Morgan fingerprint density at radius 2 is 1.82 bits per heavy atom. The van der Waals surface area contributed by atoms with Crippen LogP contribution in [0.1, 0.15) is 90.4 Å². The molecule has 5 heterocycles. The number of nitrogens with zero attached hydrogens (tertiary/aromatic N) is 3. The first-order valence-electron chi connectivity index (χ1n) is 16.0. The van der Waals surface area contributed by atoms with Gasteiger partial charge in [0.25, 0.3) is 0 Å². The zero-order chi connectivity index (χ0) is 30.4. The summed E-state index contributed by atoms with van der Waals surface area (Å²) < 4.78 is 19.6. The predicted molar refractivity (Wildman–Crippen MR) is 173 cm³/mol. The van der Waals surface area contributed by atoms with E-state index in [1.54, 1.807) is 17.4 Å². The minimum absolute atomic E-state index is 0.129. The summed E-state index contributed by atoms with van der Waals surface area (Å²) in [4.78, 5) is 19.7. The third kappa shape index (κ3) is 4.97. The number of rotatable bonds is 8. The maximum Gasteiger partial charge on any atom is 0.335 e. The Hall–Kier alpha value is -2.69. The largest absolute Gasteiger partial charge is 0.478 e. The maximum absolute atomic E-state index is 12.1. The number of ether oxygens (including phenoxy) is 2. The van der Waals surface area contributed by atoms with Gasteiger partial charge >= 0.3 is 5.97 Å². The molecule has 11 heteroatoms. The quantitative estimate of drug-likeness (QED) is 0.200. The van der Waals surface area contributed by atoms with Crippen molar-refractivity contribution in [2.75, 3.05) is 11.4 Å². The smallest absolute Gasteiger partial charge is 0.335 e. The third-order valence-corrected chi connectivity index (χ3v) is 12.3. The molecule has 1 N–H and O–H groups in total. The van der Waals surface area contributed by atoms with Gasteiger partial charge in [-0.25, -0.2) is 9.78 Å². The van der Waals surface area contributed by atoms with E-state index in [-0.39, 0.29) is 24.2 Å². The Bertz CT molecular complexity index is 1790. The number of fused-ring (bicyclic) bond motifs is 5. The van der Waals surface area contributed by atoms with Gasteiger partial charge in [0.2, 0.25) is 0 Å². The number of hydrogen-bond acceptors (Lipinski definition) is 8. The van der Waals surface area contributed by atoms with E-state index in [9.17, 15) is 9.90 Å². The molecule has 3 aliphatic heterocycles. The highest BCUT2D eigenvalue weighted by atomic mass is 35.5. The highest BCUT2D eigenvalue weighted by Crippen LogP contribution is 2.49. The first-order valence-corrected chi connectivity index (χ1v) is 17.6. The van der Waals surface area contributed by atoms with Crippen LogP contribution in [0.2, 0.25) is 10.0 Å². The van der Waals surface area contributed by atoms with E-state index >= 15 is 0 Å². The van der Waals surface area contributed by atoms with Gasteiger partial charge in [-0.1, -0.05) is 45.8 Å². The van der Waals surface area contributed by atoms with Crippen molar-refractivity contribution in [3.8, 4) is 11.3 Å². The van der Waals surface area contributed by atoms with Gasteiger partial charge in [0.05, 0.1) is 50.7 Å². The molecule has 2 aliphatic carbocycles. The summed E-state index contributed by atoms with van der Waals surface area (Å²) in [6.07, 6.45) is 8.91. The van der Waals surface area contributed by atoms with Crippen molar-refractivity contribution < 1.29 is 23.9 Å². The molecule has 9 rings (SSSR count). The number of benzene rings is 2. The van der Waals surface area contributed by atoms with Crippen LogP contribution in [-0.4, -0.2) is 52.1 Å². The average molecular weight is 667 g/mol. The zero-order valence-electron chi connectivity index (χ0n) is 24.6. The van der Waals surface area contributed by atoms with Crippen molar-refractivity contribution in [2.45, 2.75) is 94.2 Å². The molecule has 45 heavy (non-hydrogen) atoms. The lowest BCUT2D eigenvalue weighted by molar-refractivity contribution is -0.00361. The maximum atomic E-state index is 12.1. The first-order chi connectivity index (χ1) is 21.9. The van der Waals surface area contributed by atoms with Crippen LogP contribution in [0, 0.1) is 5.92 Å². The molecule has 5 aliphatic rings. The standard InChI is InChI=1S/C34H33Cl2N3O5S/c35-25-2-1-3-26(36)29(25)31-24(32(44-38-31)16-4-5-16)15-42-27-13-20-8-19(27)14-39(20)34-37-30-23(11-18(33(40)41)12-28(30)45-34)17-9-21-6-7-22(10-17)43-21/h1-3,11-12,16-17,19-22,27H,4-10,13-15H2,(H,40,41)/t17?,19-,20-,21+,22?,27+/m0/s1. The monoisotopic (exact) mass is 665 g/mol. The Labute approximate surface area is 274 Å². The van der Waals surface area contributed by atoms with Crippen LogP contribution >= 0.6 is 34.5 Å². The number of thiazole rings is 1. The molecule has 2 aromatic carbocycles. The minimum atomic E-state index is -0.888. The van der Waals surface area contributed by atoms with Crippen molar-refractivity contribution >= 4 is 55.9 Å². The second-order valence-corrected chi connectivity index (χ2v) is 15.3. The van der Waals surface area contributed by atoms with Crippen LogP contribution in [0.4, 0.5) is 5.13 Å². The second kappa shape index (κ2) is 10.9. The van der Waals surface area contributed by atoms with Gasteiger partial charge < -0.3 is 24.0 Å². The van der Waals surface area contributed by atoms with Crippen molar-refractivity contribution in [3.63, 3.8) is 0 Å². The van der Waals surface area contributed by atoms with E-state index in [1.807, 2.05) is 24.3 Å². The molecule has 0 radical (unpaired) electrons. The molecule has 4 bridgehead atoms.